The SMILES string of the molecule is NC(=O)COc1ccc([C@@H]2CC(=O)Nc3c(S(=O)(=O)c4ccccc4)csc32)cc1. The minimum Gasteiger partial charge on any atom is -0.484 e. The Balaban J connectivity index is 1.69. The minimum atomic E-state index is -3.76. The quantitative estimate of drug-likeness (QED) is 0.609. The van der Waals surface area contributed by atoms with Crippen LogP contribution in [-0.2, 0) is 19.4 Å². The van der Waals surface area contributed by atoms with Crippen molar-refractivity contribution in [1.82, 2.24) is 0 Å². The third-order valence-electron chi connectivity index (χ3n) is 4.76. The number of sulfone groups is 1. The summed E-state index contributed by atoms with van der Waals surface area (Å²) in [6.45, 7) is -0.221. The average molecular weight is 443 g/mol. The van der Waals surface area contributed by atoms with Crippen LogP contribution >= 0.6 is 11.3 Å². The van der Waals surface area contributed by atoms with E-state index in [4.69, 9.17) is 10.5 Å². The van der Waals surface area contributed by atoms with Gasteiger partial charge in [-0.25, -0.2) is 8.42 Å². The van der Waals surface area contributed by atoms with E-state index in [1.807, 2.05) is 0 Å². The van der Waals surface area contributed by atoms with E-state index >= 15 is 0 Å². The molecule has 0 unspecified atom stereocenters. The number of nitrogens with one attached hydrogen (secondary N) is 1. The number of ether oxygens (including phenoxy) is 1. The van der Waals surface area contributed by atoms with Crippen molar-refractivity contribution in [2.24, 2.45) is 5.73 Å². The lowest BCUT2D eigenvalue weighted by atomic mass is 9.90. The Labute approximate surface area is 177 Å². The van der Waals surface area contributed by atoms with Crippen molar-refractivity contribution in [2.45, 2.75) is 22.1 Å². The molecule has 3 aromatic rings. The van der Waals surface area contributed by atoms with E-state index in [0.717, 1.165) is 10.4 Å². The van der Waals surface area contributed by atoms with Crippen LogP contribution in [-0.4, -0.2) is 26.8 Å². The molecule has 1 aliphatic rings. The summed E-state index contributed by atoms with van der Waals surface area (Å²) in [5.41, 5.74) is 6.28. The smallest absolute Gasteiger partial charge is 0.255 e. The van der Waals surface area contributed by atoms with E-state index in [-0.39, 0.29) is 34.6 Å². The molecule has 30 heavy (non-hydrogen) atoms. The molecule has 0 radical (unpaired) electrons. The Morgan fingerprint density at radius 2 is 1.83 bits per heavy atom. The number of anilines is 1. The average Bonchev–Trinajstić information content (AvgIpc) is 3.17. The summed E-state index contributed by atoms with van der Waals surface area (Å²) in [5, 5.41) is 4.32. The maximum absolute atomic E-state index is 13.1. The van der Waals surface area contributed by atoms with Gasteiger partial charge in [-0.05, 0) is 29.8 Å². The number of nitrogens with two attached hydrogens (primary N) is 1. The third-order valence-corrected chi connectivity index (χ3v) is 7.80. The molecule has 0 aliphatic carbocycles. The Morgan fingerprint density at radius 1 is 1.13 bits per heavy atom. The van der Waals surface area contributed by atoms with Crippen LogP contribution in [0, 0.1) is 0 Å². The van der Waals surface area contributed by atoms with Crippen LogP contribution in [0.1, 0.15) is 22.8 Å². The van der Waals surface area contributed by atoms with E-state index in [1.54, 1.807) is 47.8 Å². The topological polar surface area (TPSA) is 116 Å². The fourth-order valence-electron chi connectivity index (χ4n) is 3.35. The van der Waals surface area contributed by atoms with Crippen LogP contribution in [0.2, 0.25) is 0 Å². The molecule has 2 amide bonds. The standard InChI is InChI=1S/C21H18N2O5S2/c22-18(24)11-28-14-8-6-13(7-9-14)16-10-19(25)23-20-17(12-29-21(16)20)30(26,27)15-4-2-1-3-5-15/h1-9,12,16H,10-11H2,(H2,22,24)(H,23,25)/t16-/m0/s1. The zero-order chi connectivity index (χ0) is 21.3. The van der Waals surface area contributed by atoms with Crippen LogP contribution in [0.15, 0.2) is 69.8 Å². The molecule has 4 rings (SSSR count). The first-order chi connectivity index (χ1) is 14.4. The molecule has 154 valence electrons. The van der Waals surface area contributed by atoms with Gasteiger partial charge in [0.1, 0.15) is 10.6 Å². The summed E-state index contributed by atoms with van der Waals surface area (Å²) in [5.74, 6) is -0.608. The van der Waals surface area contributed by atoms with Crippen molar-refractivity contribution >= 4 is 38.7 Å². The Kier molecular flexibility index (Phi) is 5.31. The van der Waals surface area contributed by atoms with E-state index in [1.165, 1.54) is 23.5 Å². The first-order valence-electron chi connectivity index (χ1n) is 9.08. The van der Waals surface area contributed by atoms with Gasteiger partial charge in [-0.3, -0.25) is 9.59 Å². The first-order valence-corrected chi connectivity index (χ1v) is 11.4. The molecule has 3 N–H and O–H groups in total. The maximum Gasteiger partial charge on any atom is 0.255 e. The molecule has 1 atom stereocenters. The minimum absolute atomic E-state index is 0.105. The van der Waals surface area contributed by atoms with Gasteiger partial charge in [0, 0.05) is 22.6 Å². The molecular weight excluding hydrogens is 424 g/mol. The zero-order valence-corrected chi connectivity index (χ0v) is 17.3. The monoisotopic (exact) mass is 442 g/mol. The fourth-order valence-corrected chi connectivity index (χ4v) is 6.28. The molecule has 1 aliphatic heterocycles. The largest absolute Gasteiger partial charge is 0.484 e. The van der Waals surface area contributed by atoms with Crippen molar-refractivity contribution < 1.29 is 22.7 Å². The van der Waals surface area contributed by atoms with Crippen LogP contribution in [0.25, 0.3) is 0 Å². The highest BCUT2D eigenvalue weighted by Gasteiger charge is 2.34. The van der Waals surface area contributed by atoms with E-state index < -0.39 is 15.7 Å². The number of hydrogen-bond acceptors (Lipinski definition) is 6. The summed E-state index contributed by atoms with van der Waals surface area (Å²) in [6, 6.07) is 15.1. The second kappa shape index (κ2) is 7.92. The highest BCUT2D eigenvalue weighted by atomic mass is 32.2. The second-order valence-electron chi connectivity index (χ2n) is 6.78. The van der Waals surface area contributed by atoms with Gasteiger partial charge in [-0.15, -0.1) is 11.3 Å². The molecule has 9 heteroatoms. The van der Waals surface area contributed by atoms with Gasteiger partial charge in [0.05, 0.1) is 10.6 Å². The van der Waals surface area contributed by atoms with E-state index in [2.05, 4.69) is 5.32 Å². The number of carbonyl (C=O) groups excluding carboxylic acids is 2. The molecule has 1 aromatic heterocycles. The van der Waals surface area contributed by atoms with Crippen molar-refractivity contribution in [3.05, 3.63) is 70.4 Å². The highest BCUT2D eigenvalue weighted by Crippen LogP contribution is 2.45. The van der Waals surface area contributed by atoms with Gasteiger partial charge in [0.2, 0.25) is 15.7 Å². The summed E-state index contributed by atoms with van der Waals surface area (Å²) < 4.78 is 31.4. The molecule has 0 saturated carbocycles. The molecule has 0 bridgehead atoms. The molecule has 0 spiro atoms. The second-order valence-corrected chi connectivity index (χ2v) is 9.61. The van der Waals surface area contributed by atoms with E-state index in [9.17, 15) is 18.0 Å². The van der Waals surface area contributed by atoms with Crippen molar-refractivity contribution in [2.75, 3.05) is 11.9 Å². The van der Waals surface area contributed by atoms with Crippen LogP contribution < -0.4 is 15.8 Å². The Bertz CT molecular complexity index is 1200. The summed E-state index contributed by atoms with van der Waals surface area (Å²) in [7, 11) is -3.76. The predicted molar refractivity (Wildman–Crippen MR) is 112 cm³/mol. The number of thiophene rings is 1. The normalized spacial score (nSPS) is 15.9. The first kappa shape index (κ1) is 20.1. The maximum atomic E-state index is 13.1. The summed E-state index contributed by atoms with van der Waals surface area (Å²) in [6.07, 6.45) is 0.208. The lowest BCUT2D eigenvalue weighted by Gasteiger charge is -2.24. The van der Waals surface area contributed by atoms with Crippen LogP contribution in [0.3, 0.4) is 0 Å². The van der Waals surface area contributed by atoms with Crippen molar-refractivity contribution in [1.29, 1.82) is 0 Å². The Morgan fingerprint density at radius 3 is 2.50 bits per heavy atom. The fraction of sp³-hybridized carbons (Fsp3) is 0.143. The summed E-state index contributed by atoms with van der Waals surface area (Å²) >= 11 is 1.31. The molecule has 0 fully saturated rings. The number of carbonyl (C=O) groups is 2. The number of amides is 2. The third kappa shape index (κ3) is 3.81. The van der Waals surface area contributed by atoms with Crippen molar-refractivity contribution in [3.63, 3.8) is 0 Å². The predicted octanol–water partition coefficient (Wildman–Crippen LogP) is 2.92. The molecule has 2 heterocycles. The van der Waals surface area contributed by atoms with E-state index in [0.29, 0.717) is 11.4 Å². The zero-order valence-electron chi connectivity index (χ0n) is 15.7. The number of primary amides is 1. The lowest BCUT2D eigenvalue weighted by Crippen LogP contribution is -2.23. The number of benzene rings is 2. The molecule has 7 nitrogen and oxygen atoms in total. The number of hydrogen-bond donors (Lipinski definition) is 2. The highest BCUT2D eigenvalue weighted by molar-refractivity contribution is 7.91. The van der Waals surface area contributed by atoms with Gasteiger partial charge < -0.3 is 15.8 Å². The van der Waals surface area contributed by atoms with Crippen molar-refractivity contribution in [3.8, 4) is 5.75 Å². The molecular formula is C21H18N2O5S2. The van der Waals surface area contributed by atoms with Gasteiger partial charge in [-0.2, -0.15) is 0 Å². The Hall–Kier alpha value is -3.17. The number of rotatable bonds is 6. The van der Waals surface area contributed by atoms with Gasteiger partial charge >= 0.3 is 0 Å². The molecule has 2 aromatic carbocycles. The number of fused-ring (bicyclic) bond motifs is 1. The van der Waals surface area contributed by atoms with Gasteiger partial charge in [0.15, 0.2) is 6.61 Å². The molecule has 0 saturated heterocycles. The van der Waals surface area contributed by atoms with Crippen LogP contribution in [0.4, 0.5) is 5.69 Å². The summed E-state index contributed by atoms with van der Waals surface area (Å²) in [4.78, 5) is 24.3. The van der Waals surface area contributed by atoms with Crippen LogP contribution in [0.5, 0.6) is 5.75 Å². The van der Waals surface area contributed by atoms with Gasteiger partial charge in [0.25, 0.3) is 5.91 Å². The lowest BCUT2D eigenvalue weighted by molar-refractivity contribution is -0.120. The van der Waals surface area contributed by atoms with Gasteiger partial charge in [-0.1, -0.05) is 30.3 Å².